The van der Waals surface area contributed by atoms with Crippen LogP contribution < -0.4 is 5.32 Å². The minimum absolute atomic E-state index is 0.0543. The molecule has 1 N–H and O–H groups in total. The Bertz CT molecular complexity index is 492. The standard InChI is InChI=1S/C14H20N2O2S/c1-9-12(19-10(2)15-9)13(17)16-11-3-4-14(11)5-7-18-8-6-14/h11H,3-8H2,1-2H3,(H,16,17). The molecule has 2 fully saturated rings. The summed E-state index contributed by atoms with van der Waals surface area (Å²) in [5.74, 6) is 0.0543. The van der Waals surface area contributed by atoms with Crippen molar-refractivity contribution in [2.24, 2.45) is 5.41 Å². The second kappa shape index (κ2) is 4.87. The molecule has 1 aromatic rings. The fourth-order valence-corrected chi connectivity index (χ4v) is 4.09. The highest BCUT2D eigenvalue weighted by Crippen LogP contribution is 2.48. The quantitative estimate of drug-likeness (QED) is 0.905. The number of aryl methyl sites for hydroxylation is 2. The Morgan fingerprint density at radius 1 is 1.37 bits per heavy atom. The van der Waals surface area contributed by atoms with Gasteiger partial charge in [-0.15, -0.1) is 11.3 Å². The fraction of sp³-hybridized carbons (Fsp3) is 0.714. The van der Waals surface area contributed by atoms with Crippen molar-refractivity contribution in [3.63, 3.8) is 0 Å². The smallest absolute Gasteiger partial charge is 0.263 e. The van der Waals surface area contributed by atoms with E-state index in [0.717, 1.165) is 48.1 Å². The van der Waals surface area contributed by atoms with Crippen LogP contribution in [0.3, 0.4) is 0 Å². The summed E-state index contributed by atoms with van der Waals surface area (Å²) in [6.07, 6.45) is 4.49. The molecule has 1 atom stereocenters. The SMILES string of the molecule is Cc1nc(C)c(C(=O)NC2CCC23CCOCC3)s1. The van der Waals surface area contributed by atoms with Crippen molar-refractivity contribution in [3.8, 4) is 0 Å². The minimum atomic E-state index is 0.0543. The van der Waals surface area contributed by atoms with Crippen LogP contribution >= 0.6 is 11.3 Å². The number of carbonyl (C=O) groups is 1. The number of rotatable bonds is 2. The number of hydrogen-bond donors (Lipinski definition) is 1. The van der Waals surface area contributed by atoms with Crippen LogP contribution in [-0.2, 0) is 4.74 Å². The molecule has 5 heteroatoms. The first-order valence-corrected chi connectivity index (χ1v) is 7.75. The maximum Gasteiger partial charge on any atom is 0.263 e. The van der Waals surface area contributed by atoms with Crippen molar-refractivity contribution in [2.45, 2.75) is 45.6 Å². The van der Waals surface area contributed by atoms with Crippen LogP contribution in [0.2, 0.25) is 0 Å². The molecule has 1 unspecified atom stereocenters. The average molecular weight is 280 g/mol. The number of aromatic nitrogens is 1. The molecular formula is C14H20N2O2S. The molecule has 4 nitrogen and oxygen atoms in total. The Hall–Kier alpha value is -0.940. The molecular weight excluding hydrogens is 260 g/mol. The zero-order valence-electron chi connectivity index (χ0n) is 11.5. The van der Waals surface area contributed by atoms with E-state index in [2.05, 4.69) is 10.3 Å². The van der Waals surface area contributed by atoms with E-state index in [1.807, 2.05) is 13.8 Å². The number of ether oxygens (including phenoxy) is 1. The predicted octanol–water partition coefficient (Wildman–Crippen LogP) is 2.45. The highest BCUT2D eigenvalue weighted by Gasteiger charge is 2.48. The number of nitrogens with zero attached hydrogens (tertiary/aromatic N) is 1. The average Bonchev–Trinajstić information content (AvgIpc) is 2.74. The van der Waals surface area contributed by atoms with Gasteiger partial charge in [-0.05, 0) is 44.9 Å². The molecule has 0 bridgehead atoms. The highest BCUT2D eigenvalue weighted by atomic mass is 32.1. The van der Waals surface area contributed by atoms with Crippen LogP contribution in [0.15, 0.2) is 0 Å². The summed E-state index contributed by atoms with van der Waals surface area (Å²) >= 11 is 1.49. The molecule has 1 saturated carbocycles. The zero-order valence-corrected chi connectivity index (χ0v) is 12.3. The van der Waals surface area contributed by atoms with Crippen molar-refractivity contribution in [2.75, 3.05) is 13.2 Å². The van der Waals surface area contributed by atoms with Gasteiger partial charge in [0.2, 0.25) is 0 Å². The first kappa shape index (κ1) is 13.1. The summed E-state index contributed by atoms with van der Waals surface area (Å²) in [4.78, 5) is 17.4. The van der Waals surface area contributed by atoms with E-state index >= 15 is 0 Å². The molecule has 1 aliphatic heterocycles. The summed E-state index contributed by atoms with van der Waals surface area (Å²) < 4.78 is 5.44. The molecule has 2 heterocycles. The van der Waals surface area contributed by atoms with Gasteiger partial charge in [0.25, 0.3) is 5.91 Å². The Labute approximate surface area is 117 Å². The van der Waals surface area contributed by atoms with Gasteiger partial charge in [-0.3, -0.25) is 4.79 Å². The van der Waals surface area contributed by atoms with Gasteiger partial charge in [0.05, 0.1) is 10.7 Å². The number of amides is 1. The Balaban J connectivity index is 1.68. The monoisotopic (exact) mass is 280 g/mol. The molecule has 0 radical (unpaired) electrons. The van der Waals surface area contributed by atoms with Gasteiger partial charge in [0.1, 0.15) is 4.88 Å². The molecule has 1 aliphatic carbocycles. The van der Waals surface area contributed by atoms with Crippen LogP contribution in [0.25, 0.3) is 0 Å². The topological polar surface area (TPSA) is 51.2 Å². The third-order valence-corrected chi connectivity index (χ3v) is 5.65. The molecule has 1 saturated heterocycles. The van der Waals surface area contributed by atoms with Crippen LogP contribution in [0.5, 0.6) is 0 Å². The summed E-state index contributed by atoms with van der Waals surface area (Å²) in [5, 5.41) is 4.18. The maximum atomic E-state index is 12.3. The number of thiazole rings is 1. The van der Waals surface area contributed by atoms with Crippen molar-refractivity contribution < 1.29 is 9.53 Å². The van der Waals surface area contributed by atoms with Crippen LogP contribution in [0, 0.1) is 19.3 Å². The van der Waals surface area contributed by atoms with E-state index in [4.69, 9.17) is 4.74 Å². The van der Waals surface area contributed by atoms with Crippen molar-refractivity contribution in [3.05, 3.63) is 15.6 Å². The minimum Gasteiger partial charge on any atom is -0.381 e. The van der Waals surface area contributed by atoms with Gasteiger partial charge in [-0.25, -0.2) is 4.98 Å². The number of carbonyl (C=O) groups excluding carboxylic acids is 1. The van der Waals surface area contributed by atoms with E-state index in [9.17, 15) is 4.79 Å². The van der Waals surface area contributed by atoms with Gasteiger partial charge in [-0.2, -0.15) is 0 Å². The molecule has 104 valence electrons. The van der Waals surface area contributed by atoms with E-state index in [0.29, 0.717) is 11.5 Å². The van der Waals surface area contributed by atoms with Gasteiger partial charge >= 0.3 is 0 Å². The Morgan fingerprint density at radius 3 is 2.63 bits per heavy atom. The normalized spacial score (nSPS) is 25.1. The summed E-state index contributed by atoms with van der Waals surface area (Å²) in [6.45, 7) is 5.53. The molecule has 19 heavy (non-hydrogen) atoms. The van der Waals surface area contributed by atoms with Crippen LogP contribution in [0.4, 0.5) is 0 Å². The van der Waals surface area contributed by atoms with Crippen molar-refractivity contribution in [1.82, 2.24) is 10.3 Å². The highest BCUT2D eigenvalue weighted by molar-refractivity contribution is 7.13. The molecule has 3 rings (SSSR count). The van der Waals surface area contributed by atoms with E-state index in [-0.39, 0.29) is 5.91 Å². The van der Waals surface area contributed by atoms with Crippen LogP contribution in [0.1, 0.15) is 46.1 Å². The Kier molecular flexibility index (Phi) is 3.35. The molecule has 1 aromatic heterocycles. The second-order valence-electron chi connectivity index (χ2n) is 5.69. The first-order valence-electron chi connectivity index (χ1n) is 6.93. The lowest BCUT2D eigenvalue weighted by Crippen LogP contribution is -2.57. The lowest BCUT2D eigenvalue weighted by molar-refractivity contribution is -0.0522. The number of nitrogens with one attached hydrogen (secondary N) is 1. The van der Waals surface area contributed by atoms with Crippen molar-refractivity contribution >= 4 is 17.2 Å². The van der Waals surface area contributed by atoms with Gasteiger partial charge in [-0.1, -0.05) is 0 Å². The van der Waals surface area contributed by atoms with Gasteiger partial charge in [0.15, 0.2) is 0 Å². The van der Waals surface area contributed by atoms with Crippen LogP contribution in [-0.4, -0.2) is 30.1 Å². The van der Waals surface area contributed by atoms with Gasteiger partial charge < -0.3 is 10.1 Å². The largest absolute Gasteiger partial charge is 0.381 e. The third-order valence-electron chi connectivity index (χ3n) is 4.57. The summed E-state index contributed by atoms with van der Waals surface area (Å²) in [5.41, 5.74) is 1.15. The zero-order chi connectivity index (χ0) is 13.5. The van der Waals surface area contributed by atoms with Gasteiger partial charge in [0, 0.05) is 19.3 Å². The Morgan fingerprint density at radius 2 is 2.11 bits per heavy atom. The molecule has 1 amide bonds. The lowest BCUT2D eigenvalue weighted by Gasteiger charge is -2.52. The second-order valence-corrected chi connectivity index (χ2v) is 6.89. The third kappa shape index (κ3) is 2.30. The predicted molar refractivity (Wildman–Crippen MR) is 74.6 cm³/mol. The van der Waals surface area contributed by atoms with E-state index in [1.165, 1.54) is 17.8 Å². The lowest BCUT2D eigenvalue weighted by atomic mass is 9.60. The van der Waals surface area contributed by atoms with E-state index in [1.54, 1.807) is 0 Å². The first-order chi connectivity index (χ1) is 9.11. The van der Waals surface area contributed by atoms with Crippen molar-refractivity contribution in [1.29, 1.82) is 0 Å². The fourth-order valence-electron chi connectivity index (χ4n) is 3.26. The number of hydrogen-bond acceptors (Lipinski definition) is 4. The molecule has 1 spiro atoms. The summed E-state index contributed by atoms with van der Waals surface area (Å²) in [7, 11) is 0. The molecule has 0 aromatic carbocycles. The molecule has 2 aliphatic rings. The summed E-state index contributed by atoms with van der Waals surface area (Å²) in [6, 6.07) is 0.325. The maximum absolute atomic E-state index is 12.3. The van der Waals surface area contributed by atoms with E-state index < -0.39 is 0 Å².